The predicted octanol–water partition coefficient (Wildman–Crippen LogP) is 3.40. The van der Waals surface area contributed by atoms with Crippen LogP contribution in [0.4, 0.5) is 13.2 Å². The van der Waals surface area contributed by atoms with Crippen LogP contribution in [0.3, 0.4) is 0 Å². The Morgan fingerprint density at radius 1 is 1.17 bits per heavy atom. The van der Waals surface area contributed by atoms with Gasteiger partial charge in [-0.1, -0.05) is 18.2 Å². The first-order valence-electron chi connectivity index (χ1n) is 11.8. The number of likely N-dealkylation sites (tertiary alicyclic amines) is 1. The summed E-state index contributed by atoms with van der Waals surface area (Å²) in [6, 6.07) is 6.12. The fourth-order valence-electron chi connectivity index (χ4n) is 5.23. The van der Waals surface area contributed by atoms with Gasteiger partial charge in [-0.15, -0.1) is 0 Å². The first kappa shape index (κ1) is 24.3. The van der Waals surface area contributed by atoms with E-state index in [1.54, 1.807) is 4.90 Å². The number of amides is 1. The Kier molecular flexibility index (Phi) is 6.17. The molecule has 0 radical (unpaired) electrons. The molecule has 10 heteroatoms. The second-order valence-corrected chi connectivity index (χ2v) is 11.7. The predicted molar refractivity (Wildman–Crippen MR) is 123 cm³/mol. The molecule has 1 unspecified atom stereocenters. The zero-order valence-electron chi connectivity index (χ0n) is 19.3. The molecule has 2 saturated heterocycles. The molecule has 3 aliphatic rings. The van der Waals surface area contributed by atoms with Gasteiger partial charge in [-0.3, -0.25) is 4.79 Å². The van der Waals surface area contributed by atoms with Gasteiger partial charge in [-0.2, -0.15) is 0 Å². The van der Waals surface area contributed by atoms with Crippen LogP contribution in [-0.2, 0) is 26.0 Å². The Morgan fingerprint density at radius 3 is 2.49 bits per heavy atom. The number of hydrogen-bond acceptors (Lipinski definition) is 4. The lowest BCUT2D eigenvalue weighted by Crippen LogP contribution is -2.53. The third-order valence-electron chi connectivity index (χ3n) is 7.47. The second kappa shape index (κ2) is 8.90. The summed E-state index contributed by atoms with van der Waals surface area (Å²) in [5.74, 6) is -2.63. The quantitative estimate of drug-likeness (QED) is 0.622. The summed E-state index contributed by atoms with van der Waals surface area (Å²) in [4.78, 5) is 14.8. The molecular weight excluding hydrogens is 481 g/mol. The van der Waals surface area contributed by atoms with Gasteiger partial charge in [0.15, 0.2) is 0 Å². The number of hydrogen-bond donors (Lipinski definition) is 1. The van der Waals surface area contributed by atoms with Crippen LogP contribution >= 0.6 is 0 Å². The van der Waals surface area contributed by atoms with E-state index in [4.69, 9.17) is 4.74 Å². The second-order valence-electron chi connectivity index (χ2n) is 9.65. The fraction of sp³-hybridized carbons (Fsp3) is 0.480. The standard InChI is InChI=1S/C25H27F3N2O4S/c1-2-35(32,33)29-23-20(30(14-25(23)8-9-25)24(31)21-7-10-34-21)12-15-11-16(26)13-18(22(15)28)17-5-3-4-6-19(17)27/h3-6,11,13,20-21,23,29H,2,7-10,12,14H2,1H3/t20-,21?,23+/m0/s1. The van der Waals surface area contributed by atoms with E-state index in [9.17, 15) is 22.0 Å². The number of sulfonamides is 1. The Hall–Kier alpha value is -2.43. The first-order chi connectivity index (χ1) is 16.6. The highest BCUT2D eigenvalue weighted by Crippen LogP contribution is 2.56. The van der Waals surface area contributed by atoms with Crippen LogP contribution in [0.15, 0.2) is 36.4 Å². The summed E-state index contributed by atoms with van der Waals surface area (Å²) in [6.07, 6.45) is 1.28. The highest BCUT2D eigenvalue weighted by molar-refractivity contribution is 7.89. The molecule has 35 heavy (non-hydrogen) atoms. The van der Waals surface area contributed by atoms with Gasteiger partial charge in [0, 0.05) is 35.5 Å². The minimum absolute atomic E-state index is 0.0426. The van der Waals surface area contributed by atoms with Gasteiger partial charge in [0.1, 0.15) is 23.6 Å². The molecule has 3 fully saturated rings. The maximum absolute atomic E-state index is 15.7. The maximum atomic E-state index is 15.7. The summed E-state index contributed by atoms with van der Waals surface area (Å²) in [5, 5.41) is 0. The Morgan fingerprint density at radius 2 is 1.89 bits per heavy atom. The van der Waals surface area contributed by atoms with Crippen LogP contribution in [0.2, 0.25) is 0 Å². The van der Waals surface area contributed by atoms with Gasteiger partial charge in [-0.05, 0) is 49.9 Å². The van der Waals surface area contributed by atoms with E-state index >= 15 is 4.39 Å². The lowest BCUT2D eigenvalue weighted by Gasteiger charge is -2.34. The number of carbonyl (C=O) groups is 1. The molecule has 5 rings (SSSR count). The molecule has 1 amide bonds. The van der Waals surface area contributed by atoms with Gasteiger partial charge < -0.3 is 9.64 Å². The van der Waals surface area contributed by atoms with Crippen molar-refractivity contribution in [3.63, 3.8) is 0 Å². The molecule has 0 bridgehead atoms. The van der Waals surface area contributed by atoms with Crippen molar-refractivity contribution in [1.29, 1.82) is 0 Å². The average molecular weight is 509 g/mol. The van der Waals surface area contributed by atoms with E-state index in [0.717, 1.165) is 25.0 Å². The van der Waals surface area contributed by atoms with Crippen LogP contribution in [0.1, 0.15) is 31.7 Å². The van der Waals surface area contributed by atoms with E-state index < -0.39 is 51.1 Å². The third-order valence-corrected chi connectivity index (χ3v) is 8.85. The zero-order valence-corrected chi connectivity index (χ0v) is 20.1. The summed E-state index contributed by atoms with van der Waals surface area (Å²) < 4.78 is 77.9. The molecule has 3 atom stereocenters. The summed E-state index contributed by atoms with van der Waals surface area (Å²) in [7, 11) is -3.63. The lowest BCUT2D eigenvalue weighted by atomic mass is 9.91. The Labute approximate surface area is 202 Å². The van der Waals surface area contributed by atoms with Gasteiger partial charge in [0.2, 0.25) is 10.0 Å². The molecule has 2 heterocycles. The van der Waals surface area contributed by atoms with Crippen molar-refractivity contribution < 1.29 is 31.1 Å². The smallest absolute Gasteiger partial charge is 0.252 e. The van der Waals surface area contributed by atoms with E-state index in [0.29, 0.717) is 19.6 Å². The number of nitrogens with one attached hydrogen (secondary N) is 1. The topological polar surface area (TPSA) is 75.7 Å². The minimum atomic E-state index is -3.63. The number of rotatable bonds is 7. The maximum Gasteiger partial charge on any atom is 0.252 e. The molecule has 6 nitrogen and oxygen atoms in total. The molecule has 1 spiro atoms. The number of carbonyl (C=O) groups excluding carboxylic acids is 1. The van der Waals surface area contributed by atoms with Gasteiger partial charge in [-0.25, -0.2) is 26.3 Å². The SMILES string of the molecule is CCS(=O)(=O)N[C@@H]1[C@H](Cc2cc(F)cc(-c3ccccc3F)c2F)N(C(=O)C2CCO2)CC12CC2. The number of nitrogens with zero attached hydrogens (tertiary/aromatic N) is 1. The molecule has 1 N–H and O–H groups in total. The summed E-state index contributed by atoms with van der Waals surface area (Å²) >= 11 is 0. The van der Waals surface area contributed by atoms with Crippen molar-refractivity contribution in [2.24, 2.45) is 5.41 Å². The van der Waals surface area contributed by atoms with Gasteiger partial charge in [0.05, 0.1) is 18.4 Å². The monoisotopic (exact) mass is 508 g/mol. The van der Waals surface area contributed by atoms with Crippen LogP contribution < -0.4 is 4.72 Å². The van der Waals surface area contributed by atoms with Gasteiger partial charge in [0.25, 0.3) is 5.91 Å². The normalized spacial score (nSPS) is 25.0. The molecule has 2 aromatic carbocycles. The lowest BCUT2D eigenvalue weighted by molar-refractivity contribution is -0.157. The van der Waals surface area contributed by atoms with Crippen molar-refractivity contribution in [2.75, 3.05) is 18.9 Å². The Balaban J connectivity index is 1.55. The molecule has 2 aromatic rings. The average Bonchev–Trinajstić information content (AvgIpc) is 3.50. The highest BCUT2D eigenvalue weighted by Gasteiger charge is 2.62. The molecule has 1 aliphatic carbocycles. The summed E-state index contributed by atoms with van der Waals surface area (Å²) in [6.45, 7) is 2.31. The molecule has 1 saturated carbocycles. The first-order valence-corrected chi connectivity index (χ1v) is 13.4. The number of benzene rings is 2. The molecule has 188 valence electrons. The van der Waals surface area contributed by atoms with E-state index in [2.05, 4.69) is 4.72 Å². The van der Waals surface area contributed by atoms with Gasteiger partial charge >= 0.3 is 0 Å². The fourth-order valence-corrected chi connectivity index (χ4v) is 6.19. The molecule has 2 aliphatic heterocycles. The largest absolute Gasteiger partial charge is 0.368 e. The number of halogens is 3. The number of ether oxygens (including phenoxy) is 1. The van der Waals surface area contributed by atoms with Crippen LogP contribution in [-0.4, -0.2) is 56.3 Å². The van der Waals surface area contributed by atoms with Crippen molar-refractivity contribution in [3.8, 4) is 11.1 Å². The van der Waals surface area contributed by atoms with Crippen LogP contribution in [0, 0.1) is 22.9 Å². The van der Waals surface area contributed by atoms with E-state index in [1.807, 2.05) is 0 Å². The van der Waals surface area contributed by atoms with E-state index in [1.165, 1.54) is 31.2 Å². The van der Waals surface area contributed by atoms with Crippen molar-refractivity contribution >= 4 is 15.9 Å². The van der Waals surface area contributed by atoms with Crippen molar-refractivity contribution in [1.82, 2.24) is 9.62 Å². The van der Waals surface area contributed by atoms with Crippen molar-refractivity contribution in [2.45, 2.75) is 50.8 Å². The van der Waals surface area contributed by atoms with Crippen LogP contribution in [0.25, 0.3) is 11.1 Å². The molecular formula is C25H27F3N2O4S. The van der Waals surface area contributed by atoms with Crippen molar-refractivity contribution in [3.05, 3.63) is 59.4 Å². The minimum Gasteiger partial charge on any atom is -0.368 e. The zero-order chi connectivity index (χ0) is 25.0. The van der Waals surface area contributed by atoms with Crippen LogP contribution in [0.5, 0.6) is 0 Å². The van der Waals surface area contributed by atoms with E-state index in [-0.39, 0.29) is 34.8 Å². The Bertz CT molecular complexity index is 1260. The molecule has 0 aromatic heterocycles. The third kappa shape index (κ3) is 4.47. The highest BCUT2D eigenvalue weighted by atomic mass is 32.2. The summed E-state index contributed by atoms with van der Waals surface area (Å²) in [5.41, 5.74) is -0.776.